The molecule has 0 unspecified atom stereocenters. The van der Waals surface area contributed by atoms with Gasteiger partial charge in [0, 0.05) is 11.9 Å². The molecule has 1 heterocycles. The second-order valence-corrected chi connectivity index (χ2v) is 5.88. The Labute approximate surface area is 124 Å². The molecule has 4 heteroatoms. The Morgan fingerprint density at radius 1 is 1.14 bits per heavy atom. The molecule has 1 aromatic carbocycles. The fourth-order valence-corrected chi connectivity index (χ4v) is 3.34. The molecule has 0 saturated heterocycles. The summed E-state index contributed by atoms with van der Waals surface area (Å²) in [6.07, 6.45) is 6.37. The number of carboxylic acids is 1. The third kappa shape index (κ3) is 2.35. The van der Waals surface area contributed by atoms with Crippen molar-refractivity contribution in [2.45, 2.75) is 44.4 Å². The number of carbonyl (C=O) groups is 1. The molecular weight excluding hydrogens is 264 g/mol. The quantitative estimate of drug-likeness (QED) is 0.939. The molecule has 21 heavy (non-hydrogen) atoms. The summed E-state index contributed by atoms with van der Waals surface area (Å²) in [6.45, 7) is 2.00. The maximum Gasteiger partial charge on any atom is 0.314 e. The van der Waals surface area contributed by atoms with Crippen molar-refractivity contribution in [2.75, 3.05) is 0 Å². The molecule has 0 bridgehead atoms. The van der Waals surface area contributed by atoms with E-state index in [-0.39, 0.29) is 0 Å². The summed E-state index contributed by atoms with van der Waals surface area (Å²) >= 11 is 0. The van der Waals surface area contributed by atoms with Crippen LogP contribution in [0.4, 0.5) is 0 Å². The highest BCUT2D eigenvalue weighted by atomic mass is 16.4. The second kappa shape index (κ2) is 5.35. The van der Waals surface area contributed by atoms with Gasteiger partial charge in [-0.15, -0.1) is 0 Å². The predicted octanol–water partition coefficient (Wildman–Crippen LogP) is 3.47. The van der Waals surface area contributed by atoms with Crippen molar-refractivity contribution >= 4 is 5.97 Å². The summed E-state index contributed by atoms with van der Waals surface area (Å²) < 4.78 is 1.86. The molecule has 1 aromatic heterocycles. The number of aliphatic carboxylic acids is 1. The van der Waals surface area contributed by atoms with Crippen molar-refractivity contribution in [2.24, 2.45) is 0 Å². The van der Waals surface area contributed by atoms with E-state index in [1.807, 2.05) is 41.9 Å². The van der Waals surface area contributed by atoms with Gasteiger partial charge in [-0.3, -0.25) is 4.79 Å². The summed E-state index contributed by atoms with van der Waals surface area (Å²) in [7, 11) is 0. The minimum absolute atomic E-state index is 0.690. The predicted molar refractivity (Wildman–Crippen MR) is 80.7 cm³/mol. The summed E-state index contributed by atoms with van der Waals surface area (Å²) in [5, 5.41) is 14.0. The van der Waals surface area contributed by atoms with Crippen molar-refractivity contribution < 1.29 is 9.90 Å². The highest BCUT2D eigenvalue weighted by Crippen LogP contribution is 2.40. The molecule has 1 N–H and O–H groups in total. The standard InChI is InChI=1S/C17H20N2O2/c1-13-9-12-18-19(13)15-7-5-14(6-8-15)17(16(20)21)10-3-2-4-11-17/h5-9,12H,2-4,10-11H2,1H3,(H,20,21). The van der Waals surface area contributed by atoms with Gasteiger partial charge in [0.2, 0.25) is 0 Å². The van der Waals surface area contributed by atoms with Gasteiger partial charge in [-0.25, -0.2) is 4.68 Å². The third-order valence-electron chi connectivity index (χ3n) is 4.61. The number of aromatic nitrogens is 2. The molecule has 1 saturated carbocycles. The smallest absolute Gasteiger partial charge is 0.314 e. The van der Waals surface area contributed by atoms with E-state index in [1.165, 1.54) is 0 Å². The van der Waals surface area contributed by atoms with Crippen molar-refractivity contribution in [3.8, 4) is 5.69 Å². The van der Waals surface area contributed by atoms with E-state index in [4.69, 9.17) is 0 Å². The van der Waals surface area contributed by atoms with E-state index in [9.17, 15) is 9.90 Å². The molecule has 0 radical (unpaired) electrons. The second-order valence-electron chi connectivity index (χ2n) is 5.88. The van der Waals surface area contributed by atoms with Gasteiger partial charge in [-0.2, -0.15) is 5.10 Å². The monoisotopic (exact) mass is 284 g/mol. The van der Waals surface area contributed by atoms with Crippen LogP contribution in [-0.4, -0.2) is 20.9 Å². The van der Waals surface area contributed by atoms with E-state index in [0.29, 0.717) is 0 Å². The lowest BCUT2D eigenvalue weighted by atomic mass is 9.69. The van der Waals surface area contributed by atoms with E-state index in [2.05, 4.69) is 5.10 Å². The van der Waals surface area contributed by atoms with Crippen LogP contribution in [0.1, 0.15) is 43.4 Å². The molecular formula is C17H20N2O2. The molecule has 0 atom stereocenters. The Morgan fingerprint density at radius 3 is 2.33 bits per heavy atom. The third-order valence-corrected chi connectivity index (χ3v) is 4.61. The van der Waals surface area contributed by atoms with Crippen LogP contribution >= 0.6 is 0 Å². The maximum absolute atomic E-state index is 11.8. The number of carboxylic acid groups (broad SMARTS) is 1. The average Bonchev–Trinajstić information content (AvgIpc) is 2.94. The minimum Gasteiger partial charge on any atom is -0.481 e. The van der Waals surface area contributed by atoms with Gasteiger partial charge in [0.25, 0.3) is 0 Å². The molecule has 0 amide bonds. The number of hydrogen-bond acceptors (Lipinski definition) is 2. The molecule has 3 rings (SSSR count). The van der Waals surface area contributed by atoms with Gasteiger partial charge in [0.1, 0.15) is 0 Å². The van der Waals surface area contributed by atoms with Crippen LogP contribution in [0.15, 0.2) is 36.5 Å². The van der Waals surface area contributed by atoms with Crippen LogP contribution in [-0.2, 0) is 10.2 Å². The molecule has 1 aliphatic carbocycles. The molecule has 110 valence electrons. The van der Waals surface area contributed by atoms with Gasteiger partial charge in [-0.05, 0) is 43.5 Å². The van der Waals surface area contributed by atoms with Gasteiger partial charge >= 0.3 is 5.97 Å². The fraction of sp³-hybridized carbons (Fsp3) is 0.412. The summed E-state index contributed by atoms with van der Waals surface area (Å²) in [5.41, 5.74) is 2.25. The molecule has 0 aliphatic heterocycles. The lowest BCUT2D eigenvalue weighted by Crippen LogP contribution is -2.37. The summed E-state index contributed by atoms with van der Waals surface area (Å²) in [6, 6.07) is 9.79. The van der Waals surface area contributed by atoms with E-state index >= 15 is 0 Å². The van der Waals surface area contributed by atoms with E-state index in [0.717, 1.165) is 49.0 Å². The SMILES string of the molecule is Cc1ccnn1-c1ccc(C2(C(=O)O)CCCCC2)cc1. The Kier molecular flexibility index (Phi) is 3.53. The van der Waals surface area contributed by atoms with E-state index in [1.54, 1.807) is 6.20 Å². The molecule has 4 nitrogen and oxygen atoms in total. The topological polar surface area (TPSA) is 55.1 Å². The van der Waals surface area contributed by atoms with E-state index < -0.39 is 11.4 Å². The molecule has 1 fully saturated rings. The Hall–Kier alpha value is -2.10. The van der Waals surface area contributed by atoms with Crippen molar-refractivity contribution in [1.82, 2.24) is 9.78 Å². The Balaban J connectivity index is 1.96. The first kappa shape index (κ1) is 13.9. The lowest BCUT2D eigenvalue weighted by molar-refractivity contribution is -0.145. The summed E-state index contributed by atoms with van der Waals surface area (Å²) in [4.78, 5) is 11.8. The zero-order chi connectivity index (χ0) is 14.9. The highest BCUT2D eigenvalue weighted by molar-refractivity contribution is 5.81. The largest absolute Gasteiger partial charge is 0.481 e. The number of rotatable bonds is 3. The molecule has 1 aliphatic rings. The number of aryl methyl sites for hydroxylation is 1. The zero-order valence-electron chi connectivity index (χ0n) is 12.2. The summed E-state index contributed by atoms with van der Waals surface area (Å²) in [5.74, 6) is -0.690. The van der Waals surface area contributed by atoms with Crippen molar-refractivity contribution in [3.63, 3.8) is 0 Å². The van der Waals surface area contributed by atoms with Gasteiger partial charge in [0.15, 0.2) is 0 Å². The van der Waals surface area contributed by atoms with Crippen LogP contribution in [0, 0.1) is 6.92 Å². The average molecular weight is 284 g/mol. The van der Waals surface area contributed by atoms with Crippen LogP contribution in [0.3, 0.4) is 0 Å². The first-order valence-corrected chi connectivity index (χ1v) is 7.48. The Bertz CT molecular complexity index is 637. The number of nitrogens with zero attached hydrogens (tertiary/aromatic N) is 2. The minimum atomic E-state index is -0.698. The first-order valence-electron chi connectivity index (χ1n) is 7.48. The maximum atomic E-state index is 11.8. The molecule has 2 aromatic rings. The fourth-order valence-electron chi connectivity index (χ4n) is 3.34. The van der Waals surface area contributed by atoms with Crippen LogP contribution in [0.2, 0.25) is 0 Å². The van der Waals surface area contributed by atoms with Crippen LogP contribution in [0.5, 0.6) is 0 Å². The Morgan fingerprint density at radius 2 is 1.81 bits per heavy atom. The molecule has 0 spiro atoms. The van der Waals surface area contributed by atoms with Gasteiger partial charge in [0.05, 0.1) is 11.1 Å². The zero-order valence-corrected chi connectivity index (χ0v) is 12.2. The van der Waals surface area contributed by atoms with Crippen LogP contribution < -0.4 is 0 Å². The number of benzene rings is 1. The normalized spacial score (nSPS) is 17.6. The van der Waals surface area contributed by atoms with Gasteiger partial charge < -0.3 is 5.11 Å². The van der Waals surface area contributed by atoms with Gasteiger partial charge in [-0.1, -0.05) is 31.4 Å². The first-order chi connectivity index (χ1) is 10.1. The van der Waals surface area contributed by atoms with Crippen LogP contribution in [0.25, 0.3) is 5.69 Å². The van der Waals surface area contributed by atoms with Crippen molar-refractivity contribution in [3.05, 3.63) is 47.8 Å². The number of hydrogen-bond donors (Lipinski definition) is 1. The van der Waals surface area contributed by atoms with Crippen molar-refractivity contribution in [1.29, 1.82) is 0 Å². The highest BCUT2D eigenvalue weighted by Gasteiger charge is 2.41. The lowest BCUT2D eigenvalue weighted by Gasteiger charge is -2.33.